The lowest BCUT2D eigenvalue weighted by Crippen LogP contribution is -2.27. The smallest absolute Gasteiger partial charge is 0.319 e. The molecule has 0 amide bonds. The highest BCUT2D eigenvalue weighted by Crippen LogP contribution is 2.35. The van der Waals surface area contributed by atoms with Crippen molar-refractivity contribution in [3.05, 3.63) is 47.0 Å². The third-order valence-electron chi connectivity index (χ3n) is 6.39. The summed E-state index contributed by atoms with van der Waals surface area (Å²) in [7, 11) is 0. The zero-order valence-corrected chi connectivity index (χ0v) is 22.3. The number of hydrogen-bond donors (Lipinski definition) is 1. The third kappa shape index (κ3) is 6.82. The Morgan fingerprint density at radius 3 is 2.63 bits per heavy atom. The van der Waals surface area contributed by atoms with E-state index >= 15 is 0 Å². The largest absolute Gasteiger partial charge is 0.480 e. The molecule has 35 heavy (non-hydrogen) atoms. The molecule has 0 radical (unpaired) electrons. The van der Waals surface area contributed by atoms with Crippen molar-refractivity contribution in [3.63, 3.8) is 0 Å². The van der Waals surface area contributed by atoms with Crippen molar-refractivity contribution in [1.82, 2.24) is 24.7 Å². The first-order valence-electron chi connectivity index (χ1n) is 12.3. The van der Waals surface area contributed by atoms with Gasteiger partial charge in [0, 0.05) is 49.0 Å². The molecule has 0 spiro atoms. The van der Waals surface area contributed by atoms with Crippen LogP contribution in [0.4, 0.5) is 5.95 Å². The summed E-state index contributed by atoms with van der Waals surface area (Å²) in [6.07, 6.45) is 15.9. The lowest BCUT2D eigenvalue weighted by molar-refractivity contribution is -0.138. The monoisotopic (exact) mass is 514 g/mol. The minimum atomic E-state index is -0.908. The molecule has 1 N–H and O–H groups in total. The van der Waals surface area contributed by atoms with Crippen molar-refractivity contribution in [2.45, 2.75) is 87.4 Å². The Bertz CT molecular complexity index is 1110. The second-order valence-corrected chi connectivity index (χ2v) is 12.3. The molecule has 0 aromatic carbocycles. The van der Waals surface area contributed by atoms with Gasteiger partial charge in [-0.05, 0) is 38.7 Å². The van der Waals surface area contributed by atoms with Crippen molar-refractivity contribution in [2.75, 3.05) is 11.4 Å². The van der Waals surface area contributed by atoms with E-state index in [1.165, 1.54) is 55.2 Å². The number of aryl methyl sites for hydroxylation is 1. The lowest BCUT2D eigenvalue weighted by Gasteiger charge is -2.23. The van der Waals surface area contributed by atoms with E-state index in [1.54, 1.807) is 13.8 Å². The Kier molecular flexibility index (Phi) is 8.43. The van der Waals surface area contributed by atoms with Crippen molar-refractivity contribution in [1.29, 1.82) is 0 Å². The molecule has 10 heteroatoms. The highest BCUT2D eigenvalue weighted by Gasteiger charge is 2.30. The second-order valence-electron chi connectivity index (χ2n) is 9.56. The summed E-state index contributed by atoms with van der Waals surface area (Å²) >= 11 is 2.78. The van der Waals surface area contributed by atoms with Crippen LogP contribution < -0.4 is 4.90 Å². The summed E-state index contributed by atoms with van der Waals surface area (Å²) in [5, 5.41) is 16.1. The standard InChI is InChI=1S/C25H34N6O2S2/c1-4-18-12-26-23(27-13-18)30(15-19-14-28-31(16-19)21-8-6-5-7-9-21)11-10-20-17-34-24(29-20)35-25(2,3)22(32)33/h12-14,16-17,21H,4-11,15H2,1-3H3,(H,32,33). The van der Waals surface area contributed by atoms with E-state index in [1.807, 2.05) is 24.0 Å². The summed E-state index contributed by atoms with van der Waals surface area (Å²) in [5.41, 5.74) is 3.21. The molecule has 3 heterocycles. The van der Waals surface area contributed by atoms with E-state index in [-0.39, 0.29) is 0 Å². The number of aromatic nitrogens is 5. The molecule has 0 unspecified atom stereocenters. The summed E-state index contributed by atoms with van der Waals surface area (Å²) < 4.78 is 2.01. The predicted octanol–water partition coefficient (Wildman–Crippen LogP) is 5.40. The van der Waals surface area contributed by atoms with Crippen molar-refractivity contribution in [3.8, 4) is 0 Å². The zero-order valence-electron chi connectivity index (χ0n) is 20.7. The number of aliphatic carboxylic acids is 1. The fraction of sp³-hybridized carbons (Fsp3) is 0.560. The SMILES string of the molecule is CCc1cnc(N(CCc2csc(SC(C)(C)C(=O)O)n2)Cc2cnn(C3CCCCC3)c2)nc1. The second kappa shape index (κ2) is 11.5. The predicted molar refractivity (Wildman–Crippen MR) is 140 cm³/mol. The first-order valence-corrected chi connectivity index (χ1v) is 14.0. The van der Waals surface area contributed by atoms with Crippen LogP contribution in [0.25, 0.3) is 0 Å². The maximum atomic E-state index is 11.5. The first kappa shape index (κ1) is 25.6. The highest BCUT2D eigenvalue weighted by atomic mass is 32.2. The van der Waals surface area contributed by atoms with E-state index in [4.69, 9.17) is 0 Å². The lowest BCUT2D eigenvalue weighted by atomic mass is 9.96. The van der Waals surface area contributed by atoms with Crippen LogP contribution in [-0.2, 0) is 24.2 Å². The molecule has 4 rings (SSSR count). The van der Waals surface area contributed by atoms with E-state index in [0.717, 1.165) is 34.0 Å². The van der Waals surface area contributed by atoms with Gasteiger partial charge in [-0.3, -0.25) is 9.48 Å². The number of carboxylic acids is 1. The van der Waals surface area contributed by atoms with E-state index in [2.05, 4.69) is 42.8 Å². The van der Waals surface area contributed by atoms with Gasteiger partial charge in [-0.15, -0.1) is 11.3 Å². The number of thiazole rings is 1. The van der Waals surface area contributed by atoms with Crippen molar-refractivity contribution >= 4 is 35.0 Å². The Hall–Kier alpha value is -2.46. The van der Waals surface area contributed by atoms with Crippen LogP contribution in [0, 0.1) is 0 Å². The number of nitrogens with zero attached hydrogens (tertiary/aromatic N) is 6. The van der Waals surface area contributed by atoms with E-state index < -0.39 is 10.7 Å². The molecule has 0 bridgehead atoms. The average molecular weight is 515 g/mol. The van der Waals surface area contributed by atoms with Crippen LogP contribution in [0.1, 0.15) is 75.7 Å². The van der Waals surface area contributed by atoms with Gasteiger partial charge >= 0.3 is 5.97 Å². The molecule has 3 aromatic rings. The topological polar surface area (TPSA) is 97.0 Å². The Morgan fingerprint density at radius 1 is 1.20 bits per heavy atom. The van der Waals surface area contributed by atoms with Crippen LogP contribution in [0.3, 0.4) is 0 Å². The van der Waals surface area contributed by atoms with Crippen LogP contribution >= 0.6 is 23.1 Å². The molecular formula is C25H34N6O2S2. The van der Waals surface area contributed by atoms with E-state index in [0.29, 0.717) is 25.1 Å². The fourth-order valence-corrected chi connectivity index (χ4v) is 6.36. The van der Waals surface area contributed by atoms with Crippen LogP contribution in [0.5, 0.6) is 0 Å². The van der Waals surface area contributed by atoms with Crippen molar-refractivity contribution < 1.29 is 9.90 Å². The molecule has 8 nitrogen and oxygen atoms in total. The molecule has 1 saturated carbocycles. The van der Waals surface area contributed by atoms with Gasteiger partial charge in [0.05, 0.1) is 17.9 Å². The number of thioether (sulfide) groups is 1. The third-order valence-corrected chi connectivity index (χ3v) is 8.56. The van der Waals surface area contributed by atoms with Gasteiger partial charge in [0.1, 0.15) is 4.75 Å². The molecule has 0 saturated heterocycles. The number of carbonyl (C=O) groups is 1. The van der Waals surface area contributed by atoms with Crippen LogP contribution in [0.2, 0.25) is 0 Å². The van der Waals surface area contributed by atoms with Gasteiger partial charge in [-0.2, -0.15) is 5.10 Å². The maximum absolute atomic E-state index is 11.5. The highest BCUT2D eigenvalue weighted by molar-refractivity contribution is 8.02. The number of hydrogen-bond acceptors (Lipinski definition) is 8. The van der Waals surface area contributed by atoms with Gasteiger partial charge in [0.15, 0.2) is 4.34 Å². The molecule has 3 aromatic heterocycles. The van der Waals surface area contributed by atoms with Gasteiger partial charge in [-0.1, -0.05) is 37.9 Å². The minimum absolute atomic E-state index is 0.506. The Labute approximate surface area is 215 Å². The summed E-state index contributed by atoms with van der Waals surface area (Å²) in [4.78, 5) is 27.6. The zero-order chi connectivity index (χ0) is 24.8. The van der Waals surface area contributed by atoms with Crippen LogP contribution in [0.15, 0.2) is 34.5 Å². The molecule has 1 aliphatic carbocycles. The molecule has 1 fully saturated rings. The molecule has 1 aliphatic rings. The maximum Gasteiger partial charge on any atom is 0.319 e. The quantitative estimate of drug-likeness (QED) is 0.340. The summed E-state index contributed by atoms with van der Waals surface area (Å²) in [6, 6.07) is 0.506. The normalized spacial score (nSPS) is 14.8. The number of anilines is 1. The molecule has 0 aliphatic heterocycles. The van der Waals surface area contributed by atoms with Crippen molar-refractivity contribution in [2.24, 2.45) is 0 Å². The fourth-order valence-electron chi connectivity index (χ4n) is 4.13. The van der Waals surface area contributed by atoms with Crippen LogP contribution in [-0.4, -0.2) is 47.1 Å². The van der Waals surface area contributed by atoms with E-state index in [9.17, 15) is 9.90 Å². The molecule has 0 atom stereocenters. The number of carboxylic acid groups (broad SMARTS) is 1. The van der Waals surface area contributed by atoms with Gasteiger partial charge in [0.25, 0.3) is 0 Å². The van der Waals surface area contributed by atoms with Gasteiger partial charge < -0.3 is 10.0 Å². The average Bonchev–Trinajstić information content (AvgIpc) is 3.51. The van der Waals surface area contributed by atoms with Gasteiger partial charge in [-0.25, -0.2) is 15.0 Å². The Balaban J connectivity index is 1.45. The molecular weight excluding hydrogens is 480 g/mol. The molecule has 188 valence electrons. The first-order chi connectivity index (χ1) is 16.8. The summed E-state index contributed by atoms with van der Waals surface area (Å²) in [5.74, 6) is -0.142. The number of rotatable bonds is 11. The van der Waals surface area contributed by atoms with Gasteiger partial charge in [0.2, 0.25) is 5.95 Å². The minimum Gasteiger partial charge on any atom is -0.480 e. The Morgan fingerprint density at radius 2 is 1.94 bits per heavy atom. The summed E-state index contributed by atoms with van der Waals surface area (Å²) in [6.45, 7) is 6.88.